The third-order valence-corrected chi connectivity index (χ3v) is 4.08. The Morgan fingerprint density at radius 3 is 2.67 bits per heavy atom. The van der Waals surface area contributed by atoms with E-state index in [1.807, 2.05) is 25.1 Å². The van der Waals surface area contributed by atoms with Gasteiger partial charge in [0.25, 0.3) is 5.91 Å². The molecule has 6 nitrogen and oxygen atoms in total. The molecule has 0 spiro atoms. The minimum atomic E-state index is -0.714. The molecule has 21 heavy (non-hydrogen) atoms. The number of nitrogens with one attached hydrogen (secondary N) is 1. The lowest BCUT2D eigenvalue weighted by atomic mass is 10.1. The minimum absolute atomic E-state index is 0.282. The van der Waals surface area contributed by atoms with Gasteiger partial charge in [0.1, 0.15) is 11.1 Å². The average molecular weight is 305 g/mol. The zero-order valence-corrected chi connectivity index (χ0v) is 12.5. The Morgan fingerprint density at radius 2 is 2.00 bits per heavy atom. The summed E-state index contributed by atoms with van der Waals surface area (Å²) in [5.41, 5.74) is 0. The molecule has 2 heterocycles. The number of amides is 1. The molecule has 7 heteroatoms. The lowest BCUT2D eigenvalue weighted by molar-refractivity contribution is -0.128. The third kappa shape index (κ3) is 2.82. The van der Waals surface area contributed by atoms with Gasteiger partial charge in [-0.25, -0.2) is 0 Å². The van der Waals surface area contributed by atoms with Crippen LogP contribution in [0.15, 0.2) is 24.3 Å². The van der Waals surface area contributed by atoms with Gasteiger partial charge in [0.05, 0.1) is 0 Å². The number of benzene rings is 1. The van der Waals surface area contributed by atoms with Crippen molar-refractivity contribution in [1.29, 1.82) is 0 Å². The van der Waals surface area contributed by atoms with E-state index in [-0.39, 0.29) is 12.0 Å². The summed E-state index contributed by atoms with van der Waals surface area (Å²) in [5, 5.41) is 12.0. The number of aromatic nitrogens is 2. The number of carbonyl (C=O) groups is 1. The summed E-state index contributed by atoms with van der Waals surface area (Å²) in [6.07, 6.45) is -0.298. The zero-order chi connectivity index (χ0) is 14.8. The van der Waals surface area contributed by atoms with Crippen molar-refractivity contribution in [3.8, 4) is 11.5 Å². The topological polar surface area (TPSA) is 73.3 Å². The predicted octanol–water partition coefficient (Wildman–Crippen LogP) is 2.27. The van der Waals surface area contributed by atoms with Crippen molar-refractivity contribution in [2.24, 2.45) is 0 Å². The van der Waals surface area contributed by atoms with Crippen molar-refractivity contribution in [3.63, 3.8) is 0 Å². The normalized spacial score (nSPS) is 20.1. The molecule has 1 amide bonds. The van der Waals surface area contributed by atoms with Crippen LogP contribution in [0.2, 0.25) is 0 Å². The minimum Gasteiger partial charge on any atom is -0.482 e. The fraction of sp³-hybridized carbons (Fsp3) is 0.357. The van der Waals surface area contributed by atoms with Gasteiger partial charge in [0.15, 0.2) is 11.5 Å². The molecular weight excluding hydrogens is 290 g/mol. The molecular formula is C14H15N3O3S. The van der Waals surface area contributed by atoms with Crippen molar-refractivity contribution in [2.45, 2.75) is 32.5 Å². The van der Waals surface area contributed by atoms with Crippen LogP contribution in [0, 0.1) is 0 Å². The predicted molar refractivity (Wildman–Crippen MR) is 78.9 cm³/mol. The molecule has 2 atom stereocenters. The summed E-state index contributed by atoms with van der Waals surface area (Å²) >= 11 is 1.36. The number of fused-ring (bicyclic) bond motifs is 1. The Hall–Kier alpha value is -2.15. The van der Waals surface area contributed by atoms with Crippen molar-refractivity contribution in [3.05, 3.63) is 29.3 Å². The highest BCUT2D eigenvalue weighted by molar-refractivity contribution is 7.15. The van der Waals surface area contributed by atoms with Gasteiger partial charge in [0.2, 0.25) is 11.2 Å². The molecule has 0 radical (unpaired) electrons. The van der Waals surface area contributed by atoms with E-state index in [1.54, 1.807) is 13.0 Å². The molecule has 0 saturated heterocycles. The largest absolute Gasteiger partial charge is 0.482 e. The summed E-state index contributed by atoms with van der Waals surface area (Å²) in [6, 6.07) is 7.30. The van der Waals surface area contributed by atoms with Crippen LogP contribution in [0.3, 0.4) is 0 Å². The first-order valence-corrected chi connectivity index (χ1v) is 7.54. The maximum Gasteiger partial charge on any atom is 0.271 e. The lowest BCUT2D eigenvalue weighted by Crippen LogP contribution is -2.46. The van der Waals surface area contributed by atoms with Gasteiger partial charge < -0.3 is 9.47 Å². The summed E-state index contributed by atoms with van der Waals surface area (Å²) in [4.78, 5) is 12.3. The Bertz CT molecular complexity index is 658. The zero-order valence-electron chi connectivity index (χ0n) is 11.7. The molecule has 110 valence electrons. The monoisotopic (exact) mass is 305 g/mol. The highest BCUT2D eigenvalue weighted by Crippen LogP contribution is 2.33. The lowest BCUT2D eigenvalue weighted by Gasteiger charge is -2.30. The number of aryl methyl sites for hydroxylation is 1. The number of hydrogen-bond donors (Lipinski definition) is 1. The summed E-state index contributed by atoms with van der Waals surface area (Å²) in [6.45, 7) is 3.79. The SMILES string of the molecule is CCc1nnc(NC(=O)[C@H]2Oc3ccccc3O[C@@H]2C)s1. The van der Waals surface area contributed by atoms with E-state index < -0.39 is 6.10 Å². The van der Waals surface area contributed by atoms with Gasteiger partial charge >= 0.3 is 0 Å². The summed E-state index contributed by atoms with van der Waals surface area (Å²) < 4.78 is 11.4. The van der Waals surface area contributed by atoms with Crippen molar-refractivity contribution < 1.29 is 14.3 Å². The number of carbonyl (C=O) groups excluding carboxylic acids is 1. The molecule has 0 fully saturated rings. The molecule has 0 bridgehead atoms. The maximum absolute atomic E-state index is 12.3. The van der Waals surface area contributed by atoms with Gasteiger partial charge in [0, 0.05) is 0 Å². The summed E-state index contributed by atoms with van der Waals surface area (Å²) in [5.74, 6) is 0.941. The first kappa shape index (κ1) is 13.8. The van der Waals surface area contributed by atoms with Crippen LogP contribution < -0.4 is 14.8 Å². The van der Waals surface area contributed by atoms with Gasteiger partial charge in [-0.15, -0.1) is 10.2 Å². The van der Waals surface area contributed by atoms with Gasteiger partial charge in [-0.1, -0.05) is 30.4 Å². The van der Waals surface area contributed by atoms with E-state index in [0.29, 0.717) is 16.6 Å². The van der Waals surface area contributed by atoms with E-state index in [9.17, 15) is 4.79 Å². The molecule has 1 aliphatic rings. The van der Waals surface area contributed by atoms with Crippen LogP contribution in [0.25, 0.3) is 0 Å². The van der Waals surface area contributed by atoms with Crippen molar-refractivity contribution >= 4 is 22.4 Å². The highest BCUT2D eigenvalue weighted by atomic mass is 32.1. The van der Waals surface area contributed by atoms with Gasteiger partial charge in [-0.3, -0.25) is 10.1 Å². The molecule has 1 N–H and O–H groups in total. The van der Waals surface area contributed by atoms with E-state index in [1.165, 1.54) is 11.3 Å². The van der Waals surface area contributed by atoms with Crippen LogP contribution in [-0.4, -0.2) is 28.3 Å². The molecule has 0 saturated carbocycles. The maximum atomic E-state index is 12.3. The molecule has 3 rings (SSSR count). The quantitative estimate of drug-likeness (QED) is 0.941. The Morgan fingerprint density at radius 1 is 1.29 bits per heavy atom. The van der Waals surface area contributed by atoms with E-state index in [4.69, 9.17) is 9.47 Å². The van der Waals surface area contributed by atoms with Crippen LogP contribution >= 0.6 is 11.3 Å². The van der Waals surface area contributed by atoms with Crippen LogP contribution in [-0.2, 0) is 11.2 Å². The Labute approximate surface area is 126 Å². The van der Waals surface area contributed by atoms with Crippen molar-refractivity contribution in [2.75, 3.05) is 5.32 Å². The first-order chi connectivity index (χ1) is 10.2. The third-order valence-electron chi connectivity index (χ3n) is 3.10. The number of anilines is 1. The second-order valence-electron chi connectivity index (χ2n) is 4.65. The number of nitrogens with zero attached hydrogens (tertiary/aromatic N) is 2. The standard InChI is InChI=1S/C14H15N3O3S/c1-3-11-16-17-14(21-11)15-13(18)12-8(2)19-9-6-4-5-7-10(9)20-12/h4-8,12H,3H2,1-2H3,(H,15,17,18)/t8-,12+/m1/s1. The molecule has 1 aromatic heterocycles. The number of para-hydroxylation sites is 2. The molecule has 2 aromatic rings. The molecule has 1 aromatic carbocycles. The van der Waals surface area contributed by atoms with Crippen LogP contribution in [0.4, 0.5) is 5.13 Å². The fourth-order valence-electron chi connectivity index (χ4n) is 2.03. The van der Waals surface area contributed by atoms with E-state index >= 15 is 0 Å². The number of rotatable bonds is 3. The Balaban J connectivity index is 1.73. The highest BCUT2D eigenvalue weighted by Gasteiger charge is 2.34. The van der Waals surface area contributed by atoms with Crippen molar-refractivity contribution in [1.82, 2.24) is 10.2 Å². The second kappa shape index (κ2) is 5.69. The second-order valence-corrected chi connectivity index (χ2v) is 5.71. The number of ether oxygens (including phenoxy) is 2. The Kier molecular flexibility index (Phi) is 3.74. The fourth-order valence-corrected chi connectivity index (χ4v) is 2.71. The van der Waals surface area contributed by atoms with Crippen LogP contribution in [0.1, 0.15) is 18.9 Å². The average Bonchev–Trinajstić information content (AvgIpc) is 2.94. The molecule has 0 aliphatic carbocycles. The smallest absolute Gasteiger partial charge is 0.271 e. The van der Waals surface area contributed by atoms with Gasteiger partial charge in [-0.2, -0.15) is 0 Å². The van der Waals surface area contributed by atoms with E-state index in [0.717, 1.165) is 11.4 Å². The molecule has 0 unspecified atom stereocenters. The van der Waals surface area contributed by atoms with Crippen LogP contribution in [0.5, 0.6) is 11.5 Å². The van der Waals surface area contributed by atoms with E-state index in [2.05, 4.69) is 15.5 Å². The molecule has 1 aliphatic heterocycles. The number of hydrogen-bond acceptors (Lipinski definition) is 6. The van der Waals surface area contributed by atoms with Gasteiger partial charge in [-0.05, 0) is 25.5 Å². The summed E-state index contributed by atoms with van der Waals surface area (Å²) in [7, 11) is 0. The first-order valence-electron chi connectivity index (χ1n) is 6.73.